The number of nitrogens with zero attached hydrogens (tertiary/aromatic N) is 2. The van der Waals surface area contributed by atoms with E-state index in [1.54, 1.807) is 0 Å². The molecule has 20 heavy (non-hydrogen) atoms. The Morgan fingerprint density at radius 1 is 0.650 bits per heavy atom. The molecule has 0 spiro atoms. The highest BCUT2D eigenvalue weighted by atomic mass is 14.8. The summed E-state index contributed by atoms with van der Waals surface area (Å²) in [6.07, 6.45) is 7.67. The average Bonchev–Trinajstić information content (AvgIpc) is 3.19. The fourth-order valence-corrected chi connectivity index (χ4v) is 2.34. The molecule has 0 atom stereocenters. The summed E-state index contributed by atoms with van der Waals surface area (Å²) in [6.45, 7) is 0. The first-order chi connectivity index (χ1) is 9.92. The minimum atomic E-state index is 0.893. The first-order valence-corrected chi connectivity index (χ1v) is 6.45. The average molecular weight is 260 g/mol. The normalized spacial score (nSPS) is 11.0. The van der Waals surface area contributed by atoms with Gasteiger partial charge in [0.15, 0.2) is 0 Å². The van der Waals surface area contributed by atoms with Crippen molar-refractivity contribution in [3.8, 4) is 22.5 Å². The second-order valence-corrected chi connectivity index (χ2v) is 4.61. The predicted molar refractivity (Wildman–Crippen MR) is 79.1 cm³/mol. The molecule has 0 aliphatic heterocycles. The summed E-state index contributed by atoms with van der Waals surface area (Å²) in [5, 5.41) is 0. The first kappa shape index (κ1) is 11.0. The van der Waals surface area contributed by atoms with Crippen LogP contribution in [0.3, 0.4) is 0 Å². The van der Waals surface area contributed by atoms with E-state index in [1.807, 2.05) is 61.2 Å². The monoisotopic (exact) mass is 260 g/mol. The summed E-state index contributed by atoms with van der Waals surface area (Å²) < 4.78 is 0. The van der Waals surface area contributed by atoms with Crippen molar-refractivity contribution in [1.82, 2.24) is 19.9 Å². The Morgan fingerprint density at radius 2 is 1.15 bits per heavy atom. The molecule has 3 aromatic heterocycles. The number of H-pyrrole nitrogens is 2. The smallest absolute Gasteiger partial charge is 0.0988 e. The minimum absolute atomic E-state index is 0.893. The SMILES string of the molecule is c1ccc2nc(-c3cc[nH]c3)c(-c3cc[nH]c3)nc2c1. The molecule has 0 bridgehead atoms. The third-order valence-electron chi connectivity index (χ3n) is 3.31. The molecule has 2 N–H and O–H groups in total. The van der Waals surface area contributed by atoms with E-state index in [-0.39, 0.29) is 0 Å². The van der Waals surface area contributed by atoms with Crippen molar-refractivity contribution in [2.24, 2.45) is 0 Å². The number of hydrogen-bond acceptors (Lipinski definition) is 2. The standard InChI is InChI=1S/C16H12N4/c1-2-4-14-13(3-1)19-15(11-5-7-17-9-11)16(20-14)12-6-8-18-10-12/h1-10,17-18H. The largest absolute Gasteiger partial charge is 0.367 e. The number of rotatable bonds is 2. The Bertz CT molecular complexity index is 773. The number of aromatic amines is 2. The van der Waals surface area contributed by atoms with Gasteiger partial charge in [-0.15, -0.1) is 0 Å². The van der Waals surface area contributed by atoms with E-state index >= 15 is 0 Å². The van der Waals surface area contributed by atoms with Gasteiger partial charge in [-0.3, -0.25) is 0 Å². The van der Waals surface area contributed by atoms with E-state index in [2.05, 4.69) is 9.97 Å². The van der Waals surface area contributed by atoms with Gasteiger partial charge in [0.25, 0.3) is 0 Å². The Hall–Kier alpha value is -2.88. The molecule has 4 rings (SSSR count). The number of hydrogen-bond donors (Lipinski definition) is 2. The summed E-state index contributed by atoms with van der Waals surface area (Å²) >= 11 is 0. The molecule has 4 heteroatoms. The van der Waals surface area contributed by atoms with Crippen LogP contribution in [0.25, 0.3) is 33.5 Å². The van der Waals surface area contributed by atoms with Crippen LogP contribution in [0.5, 0.6) is 0 Å². The summed E-state index contributed by atoms with van der Waals surface area (Å²) in [6, 6.07) is 11.9. The van der Waals surface area contributed by atoms with Crippen molar-refractivity contribution in [3.63, 3.8) is 0 Å². The van der Waals surface area contributed by atoms with Gasteiger partial charge in [-0.1, -0.05) is 12.1 Å². The molecule has 0 unspecified atom stereocenters. The van der Waals surface area contributed by atoms with Crippen LogP contribution in [-0.2, 0) is 0 Å². The third kappa shape index (κ3) is 1.70. The van der Waals surface area contributed by atoms with Gasteiger partial charge in [-0.25, -0.2) is 9.97 Å². The van der Waals surface area contributed by atoms with Gasteiger partial charge in [-0.2, -0.15) is 0 Å². The molecule has 0 saturated heterocycles. The maximum absolute atomic E-state index is 4.78. The summed E-state index contributed by atoms with van der Waals surface area (Å²) in [5.74, 6) is 0. The van der Waals surface area contributed by atoms with Gasteiger partial charge in [0.05, 0.1) is 22.4 Å². The second-order valence-electron chi connectivity index (χ2n) is 4.61. The number of para-hydroxylation sites is 2. The molecule has 0 amide bonds. The van der Waals surface area contributed by atoms with Crippen molar-refractivity contribution in [1.29, 1.82) is 0 Å². The minimum Gasteiger partial charge on any atom is -0.367 e. The number of benzene rings is 1. The van der Waals surface area contributed by atoms with Crippen LogP contribution in [0.2, 0.25) is 0 Å². The fourth-order valence-electron chi connectivity index (χ4n) is 2.34. The van der Waals surface area contributed by atoms with E-state index in [4.69, 9.17) is 9.97 Å². The quantitative estimate of drug-likeness (QED) is 0.578. The summed E-state index contributed by atoms with van der Waals surface area (Å²) in [7, 11) is 0. The molecule has 4 nitrogen and oxygen atoms in total. The molecule has 96 valence electrons. The predicted octanol–water partition coefficient (Wildman–Crippen LogP) is 3.62. The van der Waals surface area contributed by atoms with Gasteiger partial charge in [0.1, 0.15) is 0 Å². The molecule has 3 heterocycles. The molecule has 0 saturated carbocycles. The van der Waals surface area contributed by atoms with Crippen LogP contribution in [0, 0.1) is 0 Å². The van der Waals surface area contributed by atoms with E-state index < -0.39 is 0 Å². The molecule has 1 aromatic carbocycles. The van der Waals surface area contributed by atoms with Crippen molar-refractivity contribution in [3.05, 3.63) is 61.2 Å². The molecular formula is C16H12N4. The topological polar surface area (TPSA) is 57.4 Å². The van der Waals surface area contributed by atoms with Gasteiger partial charge < -0.3 is 9.97 Å². The zero-order chi connectivity index (χ0) is 13.4. The second kappa shape index (κ2) is 4.35. The molecule has 0 aliphatic carbocycles. The van der Waals surface area contributed by atoms with Crippen molar-refractivity contribution < 1.29 is 0 Å². The molecule has 0 fully saturated rings. The molecule has 0 aliphatic rings. The summed E-state index contributed by atoms with van der Waals surface area (Å²) in [4.78, 5) is 15.7. The zero-order valence-corrected chi connectivity index (χ0v) is 10.7. The Labute approximate surface area is 115 Å². The maximum atomic E-state index is 4.78. The van der Waals surface area contributed by atoms with E-state index in [0.717, 1.165) is 33.5 Å². The lowest BCUT2D eigenvalue weighted by atomic mass is 10.1. The lowest BCUT2D eigenvalue weighted by Crippen LogP contribution is -1.93. The lowest BCUT2D eigenvalue weighted by molar-refractivity contribution is 1.29. The van der Waals surface area contributed by atoms with Gasteiger partial charge in [0.2, 0.25) is 0 Å². The highest BCUT2D eigenvalue weighted by Gasteiger charge is 2.13. The zero-order valence-electron chi connectivity index (χ0n) is 10.7. The Balaban J connectivity index is 2.06. The van der Waals surface area contributed by atoms with Crippen LogP contribution in [0.4, 0.5) is 0 Å². The first-order valence-electron chi connectivity index (χ1n) is 6.45. The highest BCUT2D eigenvalue weighted by molar-refractivity contribution is 5.85. The van der Waals surface area contributed by atoms with Gasteiger partial charge >= 0.3 is 0 Å². The lowest BCUT2D eigenvalue weighted by Gasteiger charge is -2.07. The van der Waals surface area contributed by atoms with Crippen molar-refractivity contribution in [2.75, 3.05) is 0 Å². The van der Waals surface area contributed by atoms with E-state index in [1.165, 1.54) is 0 Å². The summed E-state index contributed by atoms with van der Waals surface area (Å²) in [5.41, 5.74) is 5.68. The van der Waals surface area contributed by atoms with Gasteiger partial charge in [0, 0.05) is 35.9 Å². The maximum Gasteiger partial charge on any atom is 0.0988 e. The van der Waals surface area contributed by atoms with Crippen molar-refractivity contribution >= 4 is 11.0 Å². The van der Waals surface area contributed by atoms with E-state index in [9.17, 15) is 0 Å². The van der Waals surface area contributed by atoms with Crippen LogP contribution >= 0.6 is 0 Å². The van der Waals surface area contributed by atoms with Crippen LogP contribution in [-0.4, -0.2) is 19.9 Å². The number of fused-ring (bicyclic) bond motifs is 1. The van der Waals surface area contributed by atoms with Crippen molar-refractivity contribution in [2.45, 2.75) is 0 Å². The van der Waals surface area contributed by atoms with Crippen LogP contribution in [0.15, 0.2) is 61.2 Å². The highest BCUT2D eigenvalue weighted by Crippen LogP contribution is 2.30. The van der Waals surface area contributed by atoms with Crippen LogP contribution < -0.4 is 0 Å². The number of nitrogens with one attached hydrogen (secondary N) is 2. The fraction of sp³-hybridized carbons (Fsp3) is 0. The van der Waals surface area contributed by atoms with Gasteiger partial charge in [-0.05, 0) is 24.3 Å². The molecular weight excluding hydrogens is 248 g/mol. The molecule has 4 aromatic rings. The number of aromatic nitrogens is 4. The Morgan fingerprint density at radius 3 is 1.55 bits per heavy atom. The third-order valence-corrected chi connectivity index (χ3v) is 3.31. The van der Waals surface area contributed by atoms with E-state index in [0.29, 0.717) is 0 Å². The molecule has 0 radical (unpaired) electrons. The Kier molecular flexibility index (Phi) is 2.39. The van der Waals surface area contributed by atoms with Crippen LogP contribution in [0.1, 0.15) is 0 Å².